The maximum absolute atomic E-state index is 10.7. The number of hydrogen-bond acceptors (Lipinski definition) is 2. The number of aliphatic hydroxyl groups excluding tert-OH is 1. The fourth-order valence-corrected chi connectivity index (χ4v) is 4.48. The highest BCUT2D eigenvalue weighted by Crippen LogP contribution is 2.47. The molecule has 1 aromatic heterocycles. The molecule has 0 amide bonds. The Kier molecular flexibility index (Phi) is 3.79. The SMILES string of the molecule is OC(Cc1cc(Br)cs1)C1(c2ccccc2)CCC1. The molecule has 1 aromatic carbocycles. The zero-order valence-electron chi connectivity index (χ0n) is 10.7. The lowest BCUT2D eigenvalue weighted by atomic mass is 9.60. The van der Waals surface area contributed by atoms with E-state index < -0.39 is 0 Å². The number of halogens is 1. The molecular weight excluding hydrogens is 320 g/mol. The molecular formula is C16H17BrOS. The molecule has 1 aliphatic carbocycles. The predicted molar refractivity (Wildman–Crippen MR) is 83.7 cm³/mol. The molecule has 2 aromatic rings. The van der Waals surface area contributed by atoms with E-state index in [1.54, 1.807) is 11.3 Å². The lowest BCUT2D eigenvalue weighted by Crippen LogP contribution is -2.46. The molecule has 0 saturated heterocycles. The lowest BCUT2D eigenvalue weighted by Gasteiger charge is -2.46. The lowest BCUT2D eigenvalue weighted by molar-refractivity contribution is 0.0291. The summed E-state index contributed by atoms with van der Waals surface area (Å²) < 4.78 is 1.11. The van der Waals surface area contributed by atoms with E-state index in [4.69, 9.17) is 0 Å². The summed E-state index contributed by atoms with van der Waals surface area (Å²) in [5.74, 6) is 0. The summed E-state index contributed by atoms with van der Waals surface area (Å²) in [4.78, 5) is 1.25. The highest BCUT2D eigenvalue weighted by molar-refractivity contribution is 9.10. The van der Waals surface area contributed by atoms with Gasteiger partial charge < -0.3 is 5.11 Å². The van der Waals surface area contributed by atoms with Crippen molar-refractivity contribution in [2.24, 2.45) is 0 Å². The maximum atomic E-state index is 10.7. The van der Waals surface area contributed by atoms with Gasteiger partial charge >= 0.3 is 0 Å². The molecule has 1 saturated carbocycles. The van der Waals surface area contributed by atoms with Crippen molar-refractivity contribution >= 4 is 27.3 Å². The van der Waals surface area contributed by atoms with Crippen LogP contribution in [0.3, 0.4) is 0 Å². The standard InChI is InChI=1S/C16H17BrOS/c17-13-9-14(19-11-13)10-15(18)16(7-4-8-16)12-5-2-1-3-6-12/h1-3,5-6,9,11,15,18H,4,7-8,10H2. The fraction of sp³-hybridized carbons (Fsp3) is 0.375. The molecule has 100 valence electrons. The van der Waals surface area contributed by atoms with Crippen LogP contribution < -0.4 is 0 Å². The van der Waals surface area contributed by atoms with E-state index in [-0.39, 0.29) is 11.5 Å². The molecule has 0 bridgehead atoms. The molecule has 19 heavy (non-hydrogen) atoms. The van der Waals surface area contributed by atoms with Crippen molar-refractivity contribution in [3.63, 3.8) is 0 Å². The number of benzene rings is 1. The Morgan fingerprint density at radius 1 is 1.26 bits per heavy atom. The van der Waals surface area contributed by atoms with Gasteiger partial charge in [0.15, 0.2) is 0 Å². The average Bonchev–Trinajstić information content (AvgIpc) is 2.75. The Balaban J connectivity index is 1.82. The number of aliphatic hydroxyl groups is 1. The Morgan fingerprint density at radius 2 is 2.00 bits per heavy atom. The summed E-state index contributed by atoms with van der Waals surface area (Å²) in [6.07, 6.45) is 3.90. The minimum atomic E-state index is -0.283. The minimum Gasteiger partial charge on any atom is -0.392 e. The monoisotopic (exact) mass is 336 g/mol. The molecule has 3 rings (SSSR count). The van der Waals surface area contributed by atoms with E-state index in [9.17, 15) is 5.11 Å². The van der Waals surface area contributed by atoms with Gasteiger partial charge in [0.1, 0.15) is 0 Å². The van der Waals surface area contributed by atoms with Crippen LogP contribution in [0.4, 0.5) is 0 Å². The van der Waals surface area contributed by atoms with Gasteiger partial charge in [-0.1, -0.05) is 36.8 Å². The Morgan fingerprint density at radius 3 is 2.53 bits per heavy atom. The summed E-state index contributed by atoms with van der Waals surface area (Å²) in [5, 5.41) is 12.8. The predicted octanol–water partition coefficient (Wildman–Crippen LogP) is 4.54. The van der Waals surface area contributed by atoms with Gasteiger partial charge in [0.2, 0.25) is 0 Å². The van der Waals surface area contributed by atoms with Crippen LogP contribution in [0, 0.1) is 0 Å². The molecule has 1 atom stereocenters. The second kappa shape index (κ2) is 5.39. The molecule has 3 heteroatoms. The molecule has 0 spiro atoms. The van der Waals surface area contributed by atoms with Crippen LogP contribution in [0.25, 0.3) is 0 Å². The normalized spacial score (nSPS) is 18.8. The van der Waals surface area contributed by atoms with Gasteiger partial charge in [0.25, 0.3) is 0 Å². The largest absolute Gasteiger partial charge is 0.392 e. The minimum absolute atomic E-state index is 0.0161. The molecule has 1 N–H and O–H groups in total. The Hall–Kier alpha value is -0.640. The quantitative estimate of drug-likeness (QED) is 0.869. The molecule has 1 fully saturated rings. The molecule has 1 aliphatic rings. The van der Waals surface area contributed by atoms with Crippen LogP contribution in [0.2, 0.25) is 0 Å². The highest BCUT2D eigenvalue weighted by Gasteiger charge is 2.44. The van der Waals surface area contributed by atoms with Gasteiger partial charge in [-0.05, 0) is 40.4 Å². The van der Waals surface area contributed by atoms with Crippen molar-refractivity contribution in [3.8, 4) is 0 Å². The van der Waals surface area contributed by atoms with Crippen molar-refractivity contribution in [2.75, 3.05) is 0 Å². The molecule has 0 radical (unpaired) electrons. The summed E-state index contributed by atoms with van der Waals surface area (Å²) >= 11 is 5.19. The summed E-state index contributed by atoms with van der Waals surface area (Å²) in [6, 6.07) is 12.6. The Bertz CT molecular complexity index is 545. The molecule has 1 unspecified atom stereocenters. The highest BCUT2D eigenvalue weighted by atomic mass is 79.9. The van der Waals surface area contributed by atoms with Gasteiger partial charge in [0.05, 0.1) is 6.10 Å². The first-order chi connectivity index (χ1) is 9.21. The van der Waals surface area contributed by atoms with E-state index in [1.165, 1.54) is 16.9 Å². The third-order valence-electron chi connectivity index (χ3n) is 4.25. The van der Waals surface area contributed by atoms with Crippen molar-refractivity contribution in [2.45, 2.75) is 37.2 Å². The second-order valence-corrected chi connectivity index (χ2v) is 7.24. The summed E-state index contributed by atoms with van der Waals surface area (Å²) in [7, 11) is 0. The van der Waals surface area contributed by atoms with Crippen LogP contribution in [0.1, 0.15) is 29.7 Å². The van der Waals surface area contributed by atoms with Crippen molar-refractivity contribution < 1.29 is 5.11 Å². The molecule has 1 heterocycles. The first-order valence-electron chi connectivity index (χ1n) is 6.67. The van der Waals surface area contributed by atoms with Gasteiger partial charge in [-0.3, -0.25) is 0 Å². The number of rotatable bonds is 4. The molecule has 1 nitrogen and oxygen atoms in total. The van der Waals surface area contributed by atoms with Crippen LogP contribution in [0.15, 0.2) is 46.3 Å². The first kappa shape index (κ1) is 13.3. The van der Waals surface area contributed by atoms with E-state index in [2.05, 4.69) is 51.6 Å². The van der Waals surface area contributed by atoms with Crippen LogP contribution in [-0.2, 0) is 11.8 Å². The topological polar surface area (TPSA) is 20.2 Å². The fourth-order valence-electron chi connectivity index (χ4n) is 2.99. The van der Waals surface area contributed by atoms with Gasteiger partial charge in [-0.15, -0.1) is 11.3 Å². The zero-order valence-corrected chi connectivity index (χ0v) is 13.1. The van der Waals surface area contributed by atoms with E-state index in [1.807, 2.05) is 6.07 Å². The van der Waals surface area contributed by atoms with Crippen LogP contribution in [-0.4, -0.2) is 11.2 Å². The van der Waals surface area contributed by atoms with Crippen molar-refractivity contribution in [1.29, 1.82) is 0 Å². The number of thiophene rings is 1. The number of hydrogen-bond donors (Lipinski definition) is 1. The van der Waals surface area contributed by atoms with Gasteiger partial charge in [-0.2, -0.15) is 0 Å². The molecule has 0 aliphatic heterocycles. The van der Waals surface area contributed by atoms with Crippen molar-refractivity contribution in [1.82, 2.24) is 0 Å². The maximum Gasteiger partial charge on any atom is 0.0684 e. The summed E-state index contributed by atoms with van der Waals surface area (Å²) in [6.45, 7) is 0. The van der Waals surface area contributed by atoms with E-state index in [0.717, 1.165) is 23.7 Å². The third kappa shape index (κ3) is 2.51. The Labute approximate surface area is 126 Å². The second-order valence-electron chi connectivity index (χ2n) is 5.33. The van der Waals surface area contributed by atoms with Crippen LogP contribution in [0.5, 0.6) is 0 Å². The summed E-state index contributed by atoms with van der Waals surface area (Å²) in [5.41, 5.74) is 1.28. The van der Waals surface area contributed by atoms with Crippen LogP contribution >= 0.6 is 27.3 Å². The van der Waals surface area contributed by atoms with Gasteiger partial charge in [0, 0.05) is 26.6 Å². The third-order valence-corrected chi connectivity index (χ3v) is 5.97. The van der Waals surface area contributed by atoms with Gasteiger partial charge in [-0.25, -0.2) is 0 Å². The first-order valence-corrected chi connectivity index (χ1v) is 8.34. The average molecular weight is 337 g/mol. The zero-order chi connectivity index (χ0) is 13.3. The van der Waals surface area contributed by atoms with E-state index in [0.29, 0.717) is 0 Å². The van der Waals surface area contributed by atoms with E-state index >= 15 is 0 Å². The smallest absolute Gasteiger partial charge is 0.0684 e. The van der Waals surface area contributed by atoms with Crippen molar-refractivity contribution in [3.05, 3.63) is 56.7 Å².